The van der Waals surface area contributed by atoms with E-state index < -0.39 is 6.04 Å². The number of hydrogen-bond acceptors (Lipinski definition) is 4. The lowest BCUT2D eigenvalue weighted by atomic mass is 10.1. The number of amides is 1. The summed E-state index contributed by atoms with van der Waals surface area (Å²) in [6.45, 7) is 7.43. The van der Waals surface area contributed by atoms with Gasteiger partial charge in [-0.3, -0.25) is 9.59 Å². The van der Waals surface area contributed by atoms with Gasteiger partial charge in [0.2, 0.25) is 5.91 Å². The molecule has 1 amide bonds. The number of aromatic nitrogens is 5. The molecule has 8 nitrogen and oxygen atoms in total. The van der Waals surface area contributed by atoms with E-state index in [4.69, 9.17) is 5.10 Å². The first-order chi connectivity index (χ1) is 16.9. The van der Waals surface area contributed by atoms with Crippen LogP contribution in [0.4, 0.5) is 5.69 Å². The highest BCUT2D eigenvalue weighted by Gasteiger charge is 2.25. The number of fused-ring (bicyclic) bond motifs is 1. The van der Waals surface area contributed by atoms with Crippen LogP contribution >= 0.6 is 0 Å². The molecule has 3 heterocycles. The number of rotatable bonds is 5. The fraction of sp³-hybridized carbons (Fsp3) is 0.185. The number of anilines is 1. The predicted octanol–water partition coefficient (Wildman–Crippen LogP) is 4.50. The van der Waals surface area contributed by atoms with Crippen LogP contribution in [0.5, 0.6) is 0 Å². The van der Waals surface area contributed by atoms with E-state index in [1.165, 1.54) is 4.68 Å². The smallest absolute Gasteiger partial charge is 0.280 e. The van der Waals surface area contributed by atoms with E-state index in [1.807, 2.05) is 91.5 Å². The Morgan fingerprint density at radius 3 is 2.34 bits per heavy atom. The van der Waals surface area contributed by atoms with Crippen molar-refractivity contribution < 1.29 is 4.79 Å². The Morgan fingerprint density at radius 2 is 1.63 bits per heavy atom. The first-order valence-corrected chi connectivity index (χ1v) is 11.4. The molecule has 5 aromatic rings. The molecule has 3 aromatic heterocycles. The topological polar surface area (TPSA) is 86.7 Å². The van der Waals surface area contributed by atoms with Crippen molar-refractivity contribution in [2.24, 2.45) is 0 Å². The van der Waals surface area contributed by atoms with Gasteiger partial charge in [0.25, 0.3) is 5.56 Å². The SMILES string of the molecule is Cc1cccc(NC(=O)[C@@H](C)n2nc(C)c3nn(-c4ccccc4)c(-n4cccc4)c3c2=O)c1C. The molecule has 0 unspecified atom stereocenters. The molecule has 1 atom stereocenters. The van der Waals surface area contributed by atoms with Crippen LogP contribution in [0.25, 0.3) is 22.4 Å². The van der Waals surface area contributed by atoms with Crippen molar-refractivity contribution in [3.8, 4) is 11.5 Å². The summed E-state index contributed by atoms with van der Waals surface area (Å²) in [5.41, 5.74) is 4.29. The standard InChI is InChI=1S/C27H26N6O2/c1-17-11-10-14-22(18(17)2)28-25(34)20(4)32-27(35)23-24(19(3)29-32)30-33(21-12-6-5-7-13-21)26(23)31-15-8-9-16-31/h5-16,20H,1-4H3,(H,28,34)/t20-/m1/s1. The zero-order chi connectivity index (χ0) is 24.7. The summed E-state index contributed by atoms with van der Waals surface area (Å²) in [6, 6.07) is 18.3. The van der Waals surface area contributed by atoms with Crippen molar-refractivity contribution in [2.75, 3.05) is 5.32 Å². The number of aryl methyl sites for hydroxylation is 2. The summed E-state index contributed by atoms with van der Waals surface area (Å²) in [4.78, 5) is 27.0. The second-order valence-corrected chi connectivity index (χ2v) is 8.63. The Balaban J connectivity index is 1.66. The molecule has 176 valence electrons. The van der Waals surface area contributed by atoms with Gasteiger partial charge in [-0.15, -0.1) is 0 Å². The van der Waals surface area contributed by atoms with Gasteiger partial charge in [-0.25, -0.2) is 9.36 Å². The minimum atomic E-state index is -0.830. The van der Waals surface area contributed by atoms with Crippen molar-refractivity contribution >= 4 is 22.5 Å². The minimum Gasteiger partial charge on any atom is -0.324 e. The van der Waals surface area contributed by atoms with Gasteiger partial charge < -0.3 is 9.88 Å². The summed E-state index contributed by atoms with van der Waals surface area (Å²) in [5.74, 6) is 0.285. The third-order valence-corrected chi connectivity index (χ3v) is 6.34. The second-order valence-electron chi connectivity index (χ2n) is 8.63. The van der Waals surface area contributed by atoms with E-state index in [-0.39, 0.29) is 11.5 Å². The van der Waals surface area contributed by atoms with Gasteiger partial charge in [0.15, 0.2) is 5.82 Å². The highest BCUT2D eigenvalue weighted by Crippen LogP contribution is 2.25. The first-order valence-electron chi connectivity index (χ1n) is 11.4. The molecule has 0 radical (unpaired) electrons. The average molecular weight is 467 g/mol. The van der Waals surface area contributed by atoms with Crippen LogP contribution in [0.15, 0.2) is 77.9 Å². The van der Waals surface area contributed by atoms with Gasteiger partial charge in [-0.2, -0.15) is 10.2 Å². The van der Waals surface area contributed by atoms with E-state index in [1.54, 1.807) is 18.5 Å². The summed E-state index contributed by atoms with van der Waals surface area (Å²) in [7, 11) is 0. The molecular formula is C27H26N6O2. The fourth-order valence-electron chi connectivity index (χ4n) is 4.19. The van der Waals surface area contributed by atoms with Gasteiger partial charge >= 0.3 is 0 Å². The molecular weight excluding hydrogens is 440 g/mol. The van der Waals surface area contributed by atoms with E-state index in [0.29, 0.717) is 22.4 Å². The van der Waals surface area contributed by atoms with Crippen LogP contribution in [0.2, 0.25) is 0 Å². The Morgan fingerprint density at radius 1 is 0.914 bits per heavy atom. The van der Waals surface area contributed by atoms with Gasteiger partial charge in [0.1, 0.15) is 16.9 Å². The number of para-hydroxylation sites is 1. The van der Waals surface area contributed by atoms with Crippen LogP contribution in [-0.4, -0.2) is 30.0 Å². The number of hydrogen-bond donors (Lipinski definition) is 1. The van der Waals surface area contributed by atoms with E-state index >= 15 is 0 Å². The molecule has 0 fully saturated rings. The highest BCUT2D eigenvalue weighted by molar-refractivity contribution is 5.95. The molecule has 5 rings (SSSR count). The van der Waals surface area contributed by atoms with Gasteiger partial charge in [0.05, 0.1) is 11.4 Å². The maximum absolute atomic E-state index is 13.8. The van der Waals surface area contributed by atoms with Crippen LogP contribution in [0.1, 0.15) is 29.8 Å². The molecule has 35 heavy (non-hydrogen) atoms. The molecule has 0 aliphatic heterocycles. The van der Waals surface area contributed by atoms with E-state index in [0.717, 1.165) is 22.5 Å². The van der Waals surface area contributed by atoms with E-state index in [9.17, 15) is 9.59 Å². The lowest BCUT2D eigenvalue weighted by molar-refractivity contribution is -0.119. The first kappa shape index (κ1) is 22.3. The number of nitrogens with zero attached hydrogens (tertiary/aromatic N) is 5. The fourth-order valence-corrected chi connectivity index (χ4v) is 4.19. The number of carbonyl (C=O) groups excluding carboxylic acids is 1. The normalized spacial score (nSPS) is 12.1. The Kier molecular flexibility index (Phi) is 5.56. The maximum Gasteiger partial charge on any atom is 0.280 e. The summed E-state index contributed by atoms with van der Waals surface area (Å²) < 4.78 is 4.85. The number of benzene rings is 2. The van der Waals surface area contributed by atoms with Crippen LogP contribution in [0, 0.1) is 20.8 Å². The average Bonchev–Trinajstić information content (AvgIpc) is 3.52. The zero-order valence-electron chi connectivity index (χ0n) is 20.1. The summed E-state index contributed by atoms with van der Waals surface area (Å²) in [6.07, 6.45) is 3.73. The third kappa shape index (κ3) is 3.82. The van der Waals surface area contributed by atoms with Gasteiger partial charge in [-0.05, 0) is 69.2 Å². The second kappa shape index (κ2) is 8.72. The predicted molar refractivity (Wildman–Crippen MR) is 136 cm³/mol. The lowest BCUT2D eigenvalue weighted by Crippen LogP contribution is -2.34. The number of nitrogens with one attached hydrogen (secondary N) is 1. The molecule has 2 aromatic carbocycles. The van der Waals surface area contributed by atoms with Crippen molar-refractivity contribution in [1.29, 1.82) is 0 Å². The Labute approximate surface area is 202 Å². The van der Waals surface area contributed by atoms with Crippen LogP contribution < -0.4 is 10.9 Å². The van der Waals surface area contributed by atoms with Crippen molar-refractivity contribution in [3.05, 3.63) is 100 Å². The third-order valence-electron chi connectivity index (χ3n) is 6.34. The quantitative estimate of drug-likeness (QED) is 0.413. The Bertz CT molecular complexity index is 1600. The molecule has 0 aliphatic rings. The summed E-state index contributed by atoms with van der Waals surface area (Å²) in [5, 5.41) is 12.6. The summed E-state index contributed by atoms with van der Waals surface area (Å²) >= 11 is 0. The van der Waals surface area contributed by atoms with Crippen LogP contribution in [-0.2, 0) is 4.79 Å². The molecule has 0 saturated heterocycles. The molecule has 0 aliphatic carbocycles. The number of carbonyl (C=O) groups is 1. The lowest BCUT2D eigenvalue weighted by Gasteiger charge is -2.17. The molecule has 1 N–H and O–H groups in total. The van der Waals surface area contributed by atoms with Crippen molar-refractivity contribution in [1.82, 2.24) is 24.1 Å². The zero-order valence-corrected chi connectivity index (χ0v) is 20.1. The van der Waals surface area contributed by atoms with Gasteiger partial charge in [0, 0.05) is 18.1 Å². The van der Waals surface area contributed by atoms with Crippen molar-refractivity contribution in [2.45, 2.75) is 33.7 Å². The van der Waals surface area contributed by atoms with Crippen molar-refractivity contribution in [3.63, 3.8) is 0 Å². The van der Waals surface area contributed by atoms with Gasteiger partial charge in [-0.1, -0.05) is 30.3 Å². The Hall–Kier alpha value is -4.46. The molecule has 8 heteroatoms. The molecule has 0 bridgehead atoms. The van der Waals surface area contributed by atoms with Crippen LogP contribution in [0.3, 0.4) is 0 Å². The largest absolute Gasteiger partial charge is 0.324 e. The van der Waals surface area contributed by atoms with E-state index in [2.05, 4.69) is 10.4 Å². The minimum absolute atomic E-state index is 0.315. The highest BCUT2D eigenvalue weighted by atomic mass is 16.2. The maximum atomic E-state index is 13.8. The molecule has 0 saturated carbocycles. The monoisotopic (exact) mass is 466 g/mol. The molecule has 0 spiro atoms.